The molecule has 2 bridgehead atoms. The normalized spacial score (nSPS) is 39.5. The number of nitrogens with one attached hydrogen (secondary N) is 2. The number of amides is 2. The number of fused-ring (bicyclic) bond motifs is 2. The molecule has 1 aliphatic carbocycles. The summed E-state index contributed by atoms with van der Waals surface area (Å²) in [5, 5.41) is 5.83. The Morgan fingerprint density at radius 2 is 2.05 bits per heavy atom. The van der Waals surface area contributed by atoms with Crippen LogP contribution >= 0.6 is 0 Å². The highest BCUT2D eigenvalue weighted by atomic mass is 16.2. The van der Waals surface area contributed by atoms with Crippen LogP contribution in [0.5, 0.6) is 0 Å². The zero-order valence-electron chi connectivity index (χ0n) is 12.7. The second kappa shape index (κ2) is 4.45. The lowest BCUT2D eigenvalue weighted by Gasteiger charge is -2.39. The van der Waals surface area contributed by atoms with Crippen molar-refractivity contribution in [2.75, 3.05) is 19.6 Å². The molecule has 0 aromatic heterocycles. The van der Waals surface area contributed by atoms with Crippen LogP contribution in [0.25, 0.3) is 0 Å². The maximum Gasteiger partial charge on any atom is 0.241 e. The molecule has 2 heterocycles. The topological polar surface area (TPSA) is 61.4 Å². The van der Waals surface area contributed by atoms with E-state index in [-0.39, 0.29) is 29.8 Å². The van der Waals surface area contributed by atoms with E-state index in [4.69, 9.17) is 0 Å². The first-order valence-corrected chi connectivity index (χ1v) is 7.59. The molecule has 0 aromatic rings. The van der Waals surface area contributed by atoms with E-state index in [1.807, 2.05) is 0 Å². The fraction of sp³-hybridized carbons (Fsp3) is 0.867. The van der Waals surface area contributed by atoms with E-state index in [0.717, 1.165) is 19.4 Å². The van der Waals surface area contributed by atoms with E-state index in [0.29, 0.717) is 18.0 Å². The first kappa shape index (κ1) is 13.9. The summed E-state index contributed by atoms with van der Waals surface area (Å²) in [4.78, 5) is 26.0. The summed E-state index contributed by atoms with van der Waals surface area (Å²) in [5.74, 6) is 0.138. The minimum absolute atomic E-state index is 0.0256. The van der Waals surface area contributed by atoms with Gasteiger partial charge in [0, 0.05) is 19.1 Å². The lowest BCUT2D eigenvalue weighted by Crippen LogP contribution is -2.59. The van der Waals surface area contributed by atoms with Gasteiger partial charge in [0.15, 0.2) is 0 Å². The third-order valence-corrected chi connectivity index (χ3v) is 5.01. The highest BCUT2D eigenvalue weighted by Gasteiger charge is 2.51. The summed E-state index contributed by atoms with van der Waals surface area (Å²) in [6.45, 7) is 8.46. The molecule has 1 saturated carbocycles. The van der Waals surface area contributed by atoms with Crippen LogP contribution in [0.15, 0.2) is 0 Å². The van der Waals surface area contributed by atoms with Crippen molar-refractivity contribution in [2.24, 2.45) is 10.8 Å². The lowest BCUT2D eigenvalue weighted by molar-refractivity contribution is -0.136. The van der Waals surface area contributed by atoms with E-state index in [1.165, 1.54) is 6.42 Å². The van der Waals surface area contributed by atoms with Crippen molar-refractivity contribution in [3.8, 4) is 0 Å². The Morgan fingerprint density at radius 1 is 1.30 bits per heavy atom. The Morgan fingerprint density at radius 3 is 2.70 bits per heavy atom. The predicted molar refractivity (Wildman–Crippen MR) is 76.0 cm³/mol. The van der Waals surface area contributed by atoms with Crippen LogP contribution in [0.4, 0.5) is 0 Å². The lowest BCUT2D eigenvalue weighted by atomic mass is 9.65. The van der Waals surface area contributed by atoms with Crippen molar-refractivity contribution < 1.29 is 9.59 Å². The summed E-state index contributed by atoms with van der Waals surface area (Å²) in [6, 6.07) is 0.120. The molecule has 0 spiro atoms. The van der Waals surface area contributed by atoms with Gasteiger partial charge in [0.05, 0.1) is 6.54 Å². The van der Waals surface area contributed by atoms with E-state index < -0.39 is 0 Å². The highest BCUT2D eigenvalue weighted by molar-refractivity contribution is 5.87. The molecule has 2 amide bonds. The van der Waals surface area contributed by atoms with Crippen LogP contribution in [0.2, 0.25) is 0 Å². The standard InChI is InChI=1S/C15H25N3O2/c1-14(2)4-10-5-15(3,8-14)9-18(10)13(20)11-6-17-12(19)7-16-11/h10-11,16H,4-9H2,1-3H3,(H,17,19). The van der Waals surface area contributed by atoms with Crippen LogP contribution in [0.3, 0.4) is 0 Å². The van der Waals surface area contributed by atoms with Gasteiger partial charge in [-0.3, -0.25) is 14.9 Å². The van der Waals surface area contributed by atoms with Gasteiger partial charge >= 0.3 is 0 Å². The quantitative estimate of drug-likeness (QED) is 0.735. The largest absolute Gasteiger partial charge is 0.353 e. The van der Waals surface area contributed by atoms with Crippen LogP contribution in [0.1, 0.15) is 40.0 Å². The first-order chi connectivity index (χ1) is 9.28. The Hall–Kier alpha value is -1.10. The highest BCUT2D eigenvalue weighted by Crippen LogP contribution is 2.52. The first-order valence-electron chi connectivity index (χ1n) is 7.59. The molecule has 3 atom stereocenters. The smallest absolute Gasteiger partial charge is 0.241 e. The zero-order chi connectivity index (χ0) is 14.5. The SMILES string of the molecule is CC1(C)CC2CC(C)(CN2C(=O)C2CNC(=O)CN2)C1. The van der Waals surface area contributed by atoms with Gasteiger partial charge in [-0.05, 0) is 30.1 Å². The molecule has 20 heavy (non-hydrogen) atoms. The molecule has 3 fully saturated rings. The Bertz CT molecular complexity index is 438. The molecule has 3 aliphatic rings. The van der Waals surface area contributed by atoms with Gasteiger partial charge in [0.1, 0.15) is 6.04 Å². The number of rotatable bonds is 1. The molecule has 3 rings (SSSR count). The summed E-state index contributed by atoms with van der Waals surface area (Å²) in [5.41, 5.74) is 0.584. The molecule has 5 nitrogen and oxygen atoms in total. The summed E-state index contributed by atoms with van der Waals surface area (Å²) >= 11 is 0. The van der Waals surface area contributed by atoms with Crippen molar-refractivity contribution in [1.82, 2.24) is 15.5 Å². The summed E-state index contributed by atoms with van der Waals surface area (Å²) in [7, 11) is 0. The maximum atomic E-state index is 12.7. The van der Waals surface area contributed by atoms with Gasteiger partial charge in [-0.2, -0.15) is 0 Å². The number of piperazine rings is 1. The molecular weight excluding hydrogens is 254 g/mol. The molecule has 112 valence electrons. The minimum atomic E-state index is -0.251. The van der Waals surface area contributed by atoms with Crippen LogP contribution in [-0.2, 0) is 9.59 Å². The third-order valence-electron chi connectivity index (χ3n) is 5.01. The van der Waals surface area contributed by atoms with Gasteiger partial charge in [-0.15, -0.1) is 0 Å². The van der Waals surface area contributed by atoms with Gasteiger partial charge in [-0.1, -0.05) is 20.8 Å². The summed E-state index contributed by atoms with van der Waals surface area (Å²) < 4.78 is 0. The average molecular weight is 279 g/mol. The predicted octanol–water partition coefficient (Wildman–Crippen LogP) is 0.502. The fourth-order valence-corrected chi connectivity index (χ4v) is 4.66. The van der Waals surface area contributed by atoms with Gasteiger partial charge in [-0.25, -0.2) is 0 Å². The molecule has 0 radical (unpaired) electrons. The van der Waals surface area contributed by atoms with E-state index in [1.54, 1.807) is 0 Å². The van der Waals surface area contributed by atoms with Crippen molar-refractivity contribution in [3.05, 3.63) is 0 Å². The molecule has 2 saturated heterocycles. The number of nitrogens with zero attached hydrogens (tertiary/aromatic N) is 1. The third kappa shape index (κ3) is 2.43. The fourth-order valence-electron chi connectivity index (χ4n) is 4.66. The van der Waals surface area contributed by atoms with Gasteiger partial charge in [0.2, 0.25) is 11.8 Å². The van der Waals surface area contributed by atoms with Crippen LogP contribution in [0, 0.1) is 10.8 Å². The number of hydrogen-bond donors (Lipinski definition) is 2. The molecule has 0 aromatic carbocycles. The maximum absolute atomic E-state index is 12.7. The Kier molecular flexibility index (Phi) is 3.08. The number of likely N-dealkylation sites (tertiary alicyclic amines) is 1. The Labute approximate surface area is 120 Å². The van der Waals surface area contributed by atoms with Crippen molar-refractivity contribution >= 4 is 11.8 Å². The molecule has 3 unspecified atom stereocenters. The Balaban J connectivity index is 1.72. The zero-order valence-corrected chi connectivity index (χ0v) is 12.7. The second-order valence-corrected chi connectivity index (χ2v) is 7.92. The van der Waals surface area contributed by atoms with Crippen molar-refractivity contribution in [1.29, 1.82) is 0 Å². The van der Waals surface area contributed by atoms with E-state index in [2.05, 4.69) is 36.3 Å². The number of carbonyl (C=O) groups excluding carboxylic acids is 2. The average Bonchev–Trinajstić information content (AvgIpc) is 2.58. The van der Waals surface area contributed by atoms with E-state index in [9.17, 15) is 9.59 Å². The second-order valence-electron chi connectivity index (χ2n) is 7.92. The van der Waals surface area contributed by atoms with Crippen molar-refractivity contribution in [2.45, 2.75) is 52.1 Å². The van der Waals surface area contributed by atoms with Gasteiger partial charge in [0.25, 0.3) is 0 Å². The van der Waals surface area contributed by atoms with E-state index >= 15 is 0 Å². The molecule has 5 heteroatoms. The monoisotopic (exact) mass is 279 g/mol. The molecule has 2 aliphatic heterocycles. The molecule has 2 N–H and O–H groups in total. The minimum Gasteiger partial charge on any atom is -0.353 e. The summed E-state index contributed by atoms with van der Waals surface area (Å²) in [6.07, 6.45) is 3.41. The van der Waals surface area contributed by atoms with Crippen LogP contribution in [-0.4, -0.2) is 48.4 Å². The number of carbonyl (C=O) groups is 2. The van der Waals surface area contributed by atoms with Gasteiger partial charge < -0.3 is 10.2 Å². The number of hydrogen-bond acceptors (Lipinski definition) is 3. The molecular formula is C15H25N3O2. The van der Waals surface area contributed by atoms with Crippen LogP contribution < -0.4 is 10.6 Å². The van der Waals surface area contributed by atoms with Crippen molar-refractivity contribution in [3.63, 3.8) is 0 Å².